The van der Waals surface area contributed by atoms with E-state index >= 15 is 0 Å². The highest BCUT2D eigenvalue weighted by molar-refractivity contribution is 5.42. The average Bonchev–Trinajstić information content (AvgIpc) is 2.14. The molecule has 1 rings (SSSR count). The summed E-state index contributed by atoms with van der Waals surface area (Å²) in [5.74, 6) is 5.82. The Hall–Kier alpha value is -1.26. The van der Waals surface area contributed by atoms with Crippen LogP contribution in [0.25, 0.3) is 0 Å². The number of hydrogen-bond donors (Lipinski definition) is 1. The monoisotopic (exact) mass is 188 g/mol. The SMILES string of the molecule is CCc1ccccc1C#CC(C)(C)O. The van der Waals surface area contributed by atoms with Gasteiger partial charge in [0.25, 0.3) is 0 Å². The van der Waals surface area contributed by atoms with E-state index in [1.54, 1.807) is 13.8 Å². The smallest absolute Gasteiger partial charge is 0.120 e. The summed E-state index contributed by atoms with van der Waals surface area (Å²) in [5, 5.41) is 9.47. The molecule has 1 aromatic rings. The van der Waals surface area contributed by atoms with Crippen molar-refractivity contribution in [1.29, 1.82) is 0 Å². The maximum atomic E-state index is 9.47. The van der Waals surface area contributed by atoms with Crippen molar-refractivity contribution in [3.8, 4) is 11.8 Å². The van der Waals surface area contributed by atoms with Gasteiger partial charge in [0.1, 0.15) is 5.60 Å². The first kappa shape index (κ1) is 10.8. The van der Waals surface area contributed by atoms with Gasteiger partial charge >= 0.3 is 0 Å². The third kappa shape index (κ3) is 3.24. The molecule has 0 aliphatic heterocycles. The lowest BCUT2D eigenvalue weighted by atomic mass is 10.0. The number of rotatable bonds is 1. The minimum atomic E-state index is -0.916. The van der Waals surface area contributed by atoms with Gasteiger partial charge in [-0.1, -0.05) is 37.0 Å². The van der Waals surface area contributed by atoms with Gasteiger partial charge in [0.05, 0.1) is 0 Å². The fraction of sp³-hybridized carbons (Fsp3) is 0.385. The molecule has 0 spiro atoms. The molecule has 0 radical (unpaired) electrons. The summed E-state index contributed by atoms with van der Waals surface area (Å²) in [5.41, 5.74) is 1.32. The summed E-state index contributed by atoms with van der Waals surface area (Å²) in [6.45, 7) is 5.48. The van der Waals surface area contributed by atoms with Crippen LogP contribution in [0.1, 0.15) is 31.9 Å². The van der Waals surface area contributed by atoms with Crippen molar-refractivity contribution in [2.45, 2.75) is 32.8 Å². The molecule has 14 heavy (non-hydrogen) atoms. The Balaban J connectivity index is 3.00. The highest BCUT2D eigenvalue weighted by Gasteiger charge is 2.06. The minimum absolute atomic E-state index is 0.916. The van der Waals surface area contributed by atoms with Crippen molar-refractivity contribution in [3.63, 3.8) is 0 Å². The molecule has 0 aliphatic rings. The average molecular weight is 188 g/mol. The number of hydrogen-bond acceptors (Lipinski definition) is 1. The third-order valence-corrected chi connectivity index (χ3v) is 1.90. The zero-order chi connectivity index (χ0) is 10.6. The molecular weight excluding hydrogens is 172 g/mol. The van der Waals surface area contributed by atoms with E-state index in [4.69, 9.17) is 0 Å². The molecule has 1 N–H and O–H groups in total. The maximum Gasteiger partial charge on any atom is 0.120 e. The topological polar surface area (TPSA) is 20.2 Å². The zero-order valence-electron chi connectivity index (χ0n) is 8.96. The van der Waals surface area contributed by atoms with Crippen molar-refractivity contribution >= 4 is 0 Å². The van der Waals surface area contributed by atoms with E-state index in [1.807, 2.05) is 18.2 Å². The second-order valence-electron chi connectivity index (χ2n) is 3.82. The van der Waals surface area contributed by atoms with Crippen LogP contribution in [0.5, 0.6) is 0 Å². The number of aliphatic hydroxyl groups is 1. The predicted molar refractivity (Wildman–Crippen MR) is 59.0 cm³/mol. The van der Waals surface area contributed by atoms with Gasteiger partial charge in [-0.3, -0.25) is 0 Å². The Labute approximate surface area is 85.8 Å². The Morgan fingerprint density at radius 1 is 1.29 bits per heavy atom. The van der Waals surface area contributed by atoms with E-state index in [-0.39, 0.29) is 0 Å². The lowest BCUT2D eigenvalue weighted by Crippen LogP contribution is -2.14. The molecule has 0 heterocycles. The minimum Gasteiger partial charge on any atom is -0.378 e. The molecule has 0 amide bonds. The van der Waals surface area contributed by atoms with Crippen molar-refractivity contribution in [2.24, 2.45) is 0 Å². The fourth-order valence-electron chi connectivity index (χ4n) is 1.17. The van der Waals surface area contributed by atoms with E-state index in [0.29, 0.717) is 0 Å². The van der Waals surface area contributed by atoms with Gasteiger partial charge in [0.15, 0.2) is 0 Å². The van der Waals surface area contributed by atoms with Gasteiger partial charge in [-0.2, -0.15) is 0 Å². The Morgan fingerprint density at radius 3 is 2.50 bits per heavy atom. The van der Waals surface area contributed by atoms with Crippen molar-refractivity contribution < 1.29 is 5.11 Å². The molecule has 1 nitrogen and oxygen atoms in total. The quantitative estimate of drug-likeness (QED) is 0.671. The molecule has 0 saturated carbocycles. The molecular formula is C13H16O. The van der Waals surface area contributed by atoms with Crippen LogP contribution in [0.2, 0.25) is 0 Å². The van der Waals surface area contributed by atoms with Gasteiger partial charge in [-0.15, -0.1) is 0 Å². The lowest BCUT2D eigenvalue weighted by Gasteiger charge is -2.06. The van der Waals surface area contributed by atoms with E-state index in [1.165, 1.54) is 5.56 Å². The third-order valence-electron chi connectivity index (χ3n) is 1.90. The van der Waals surface area contributed by atoms with Crippen LogP contribution in [0.15, 0.2) is 24.3 Å². The Morgan fingerprint density at radius 2 is 1.93 bits per heavy atom. The van der Waals surface area contributed by atoms with Crippen molar-refractivity contribution in [3.05, 3.63) is 35.4 Å². The summed E-state index contributed by atoms with van der Waals surface area (Å²) in [6.07, 6.45) is 0.969. The maximum absolute atomic E-state index is 9.47. The second kappa shape index (κ2) is 4.30. The molecule has 74 valence electrons. The lowest BCUT2D eigenvalue weighted by molar-refractivity contribution is 0.143. The summed E-state index contributed by atoms with van der Waals surface area (Å²) < 4.78 is 0. The van der Waals surface area contributed by atoms with Crippen LogP contribution in [0, 0.1) is 11.8 Å². The molecule has 0 aliphatic carbocycles. The number of aryl methyl sites for hydroxylation is 1. The largest absolute Gasteiger partial charge is 0.378 e. The van der Waals surface area contributed by atoms with E-state index in [2.05, 4.69) is 24.8 Å². The van der Waals surface area contributed by atoms with Crippen LogP contribution in [-0.4, -0.2) is 10.7 Å². The van der Waals surface area contributed by atoms with Gasteiger partial charge in [-0.25, -0.2) is 0 Å². The standard InChI is InChI=1S/C13H16O/c1-4-11-7-5-6-8-12(11)9-10-13(2,3)14/h5-8,14H,4H2,1-3H3. The van der Waals surface area contributed by atoms with Crippen molar-refractivity contribution in [2.75, 3.05) is 0 Å². The molecule has 0 aromatic heterocycles. The molecule has 1 aromatic carbocycles. The summed E-state index contributed by atoms with van der Waals surface area (Å²) >= 11 is 0. The van der Waals surface area contributed by atoms with E-state index in [9.17, 15) is 5.11 Å². The first-order valence-corrected chi connectivity index (χ1v) is 4.86. The molecule has 1 heteroatoms. The summed E-state index contributed by atoms with van der Waals surface area (Å²) in [7, 11) is 0. The molecule has 0 bridgehead atoms. The van der Waals surface area contributed by atoms with Gasteiger partial charge in [0, 0.05) is 5.56 Å². The normalized spacial score (nSPS) is 10.6. The second-order valence-corrected chi connectivity index (χ2v) is 3.82. The van der Waals surface area contributed by atoms with E-state index in [0.717, 1.165) is 12.0 Å². The Kier molecular flexibility index (Phi) is 3.33. The summed E-state index contributed by atoms with van der Waals surface area (Å²) in [6, 6.07) is 8.02. The van der Waals surface area contributed by atoms with E-state index < -0.39 is 5.60 Å². The van der Waals surface area contributed by atoms with Crippen LogP contribution in [-0.2, 0) is 6.42 Å². The number of benzene rings is 1. The van der Waals surface area contributed by atoms with Crippen LogP contribution in [0.4, 0.5) is 0 Å². The van der Waals surface area contributed by atoms with Gasteiger partial charge in [-0.05, 0) is 31.9 Å². The highest BCUT2D eigenvalue weighted by Crippen LogP contribution is 2.08. The summed E-state index contributed by atoms with van der Waals surface area (Å²) in [4.78, 5) is 0. The Bertz CT molecular complexity index is 361. The fourth-order valence-corrected chi connectivity index (χ4v) is 1.17. The molecule has 0 unspecified atom stereocenters. The van der Waals surface area contributed by atoms with Gasteiger partial charge in [0.2, 0.25) is 0 Å². The van der Waals surface area contributed by atoms with Crippen LogP contribution < -0.4 is 0 Å². The molecule has 0 saturated heterocycles. The van der Waals surface area contributed by atoms with Crippen molar-refractivity contribution in [1.82, 2.24) is 0 Å². The van der Waals surface area contributed by atoms with Gasteiger partial charge < -0.3 is 5.11 Å². The van der Waals surface area contributed by atoms with Crippen LogP contribution >= 0.6 is 0 Å². The molecule has 0 fully saturated rings. The predicted octanol–water partition coefficient (Wildman–Crippen LogP) is 2.37. The molecule has 0 atom stereocenters. The highest BCUT2D eigenvalue weighted by atomic mass is 16.3. The van der Waals surface area contributed by atoms with Crippen LogP contribution in [0.3, 0.4) is 0 Å². The first-order valence-electron chi connectivity index (χ1n) is 4.86. The first-order chi connectivity index (χ1) is 6.53. The zero-order valence-corrected chi connectivity index (χ0v) is 8.96.